The number of fused-ring (bicyclic) bond motifs is 1. The molecule has 4 nitrogen and oxygen atoms in total. The van der Waals surface area contributed by atoms with Crippen molar-refractivity contribution < 1.29 is 4.42 Å². The first-order chi connectivity index (χ1) is 9.70. The minimum absolute atomic E-state index is 0.0103. The predicted octanol–water partition coefficient (Wildman–Crippen LogP) is 3.04. The smallest absolute Gasteiger partial charge is 0.354 e. The Morgan fingerprint density at radius 3 is 2.80 bits per heavy atom. The van der Waals surface area contributed by atoms with Gasteiger partial charge in [0.1, 0.15) is 17.2 Å². The van der Waals surface area contributed by atoms with Crippen LogP contribution in [0.1, 0.15) is 11.1 Å². The number of aryl methyl sites for hydroxylation is 1. The summed E-state index contributed by atoms with van der Waals surface area (Å²) in [6.07, 6.45) is 3.37. The zero-order valence-electron chi connectivity index (χ0n) is 10.8. The van der Waals surface area contributed by atoms with Crippen LogP contribution >= 0.6 is 0 Å². The van der Waals surface area contributed by atoms with E-state index < -0.39 is 5.63 Å². The number of hydrogen-bond acceptors (Lipinski definition) is 4. The number of hydrogen-bond donors (Lipinski definition) is 0. The largest absolute Gasteiger partial charge is 0.422 e. The van der Waals surface area contributed by atoms with Gasteiger partial charge in [-0.3, -0.25) is 4.98 Å². The fraction of sp³-hybridized carbons (Fsp3) is 0.0625. The summed E-state index contributed by atoms with van der Waals surface area (Å²) in [4.78, 5) is 16.1. The van der Waals surface area contributed by atoms with Gasteiger partial charge in [0.25, 0.3) is 0 Å². The molecule has 0 radical (unpaired) electrons. The Labute approximate surface area is 114 Å². The molecule has 0 unspecified atom stereocenters. The number of nitriles is 1. The molecule has 0 N–H and O–H groups in total. The molecular weight excluding hydrogens is 252 g/mol. The van der Waals surface area contributed by atoms with Crippen LogP contribution in [-0.4, -0.2) is 4.98 Å². The van der Waals surface area contributed by atoms with Gasteiger partial charge >= 0.3 is 5.63 Å². The van der Waals surface area contributed by atoms with Crippen molar-refractivity contribution in [3.63, 3.8) is 0 Å². The van der Waals surface area contributed by atoms with Crippen molar-refractivity contribution in [3.05, 3.63) is 64.3 Å². The van der Waals surface area contributed by atoms with Crippen LogP contribution in [-0.2, 0) is 0 Å². The van der Waals surface area contributed by atoms with Gasteiger partial charge in [0.05, 0.1) is 0 Å². The van der Waals surface area contributed by atoms with Gasteiger partial charge in [-0.25, -0.2) is 4.79 Å². The summed E-state index contributed by atoms with van der Waals surface area (Å²) in [5, 5.41) is 9.99. The van der Waals surface area contributed by atoms with E-state index in [0.717, 1.165) is 16.5 Å². The van der Waals surface area contributed by atoms with E-state index in [1.54, 1.807) is 24.5 Å². The molecule has 0 spiro atoms. The van der Waals surface area contributed by atoms with E-state index in [0.29, 0.717) is 11.1 Å². The molecule has 0 aliphatic heterocycles. The monoisotopic (exact) mass is 262 g/mol. The minimum Gasteiger partial charge on any atom is -0.422 e. The van der Waals surface area contributed by atoms with E-state index in [-0.39, 0.29) is 5.56 Å². The van der Waals surface area contributed by atoms with Gasteiger partial charge < -0.3 is 4.42 Å². The summed E-state index contributed by atoms with van der Waals surface area (Å²) in [5.41, 5.74) is 2.14. The average molecular weight is 262 g/mol. The highest BCUT2D eigenvalue weighted by molar-refractivity contribution is 5.95. The lowest BCUT2D eigenvalue weighted by Crippen LogP contribution is -2.06. The quantitative estimate of drug-likeness (QED) is 0.632. The molecule has 96 valence electrons. The van der Waals surface area contributed by atoms with Crippen LogP contribution in [0.3, 0.4) is 0 Å². The second kappa shape index (κ2) is 4.63. The van der Waals surface area contributed by atoms with E-state index in [1.807, 2.05) is 31.2 Å². The van der Waals surface area contributed by atoms with E-state index in [9.17, 15) is 10.1 Å². The van der Waals surface area contributed by atoms with Crippen molar-refractivity contribution in [2.24, 2.45) is 0 Å². The van der Waals surface area contributed by atoms with Gasteiger partial charge in [-0.15, -0.1) is 0 Å². The number of rotatable bonds is 1. The van der Waals surface area contributed by atoms with Gasteiger partial charge in [0.2, 0.25) is 0 Å². The minimum atomic E-state index is -0.622. The highest BCUT2D eigenvalue weighted by Gasteiger charge is 2.16. The molecular formula is C16H10N2O2. The Morgan fingerprint density at radius 2 is 2.05 bits per heavy atom. The SMILES string of the molecule is Cc1cncc(-c2c(C#N)c(=O)oc3ccccc23)c1. The number of aromatic nitrogens is 1. The highest BCUT2D eigenvalue weighted by atomic mass is 16.4. The molecule has 0 aliphatic rings. The van der Waals surface area contributed by atoms with E-state index in [2.05, 4.69) is 4.98 Å². The Bertz CT molecular complexity index is 904. The summed E-state index contributed by atoms with van der Waals surface area (Å²) < 4.78 is 5.18. The Morgan fingerprint density at radius 1 is 1.25 bits per heavy atom. The summed E-state index contributed by atoms with van der Waals surface area (Å²) in [6, 6.07) is 11.0. The molecule has 0 amide bonds. The third kappa shape index (κ3) is 1.86. The van der Waals surface area contributed by atoms with Crippen LogP contribution in [0, 0.1) is 18.3 Å². The summed E-state index contributed by atoms with van der Waals surface area (Å²) in [7, 11) is 0. The zero-order valence-corrected chi connectivity index (χ0v) is 10.8. The number of benzene rings is 1. The first-order valence-corrected chi connectivity index (χ1v) is 6.08. The average Bonchev–Trinajstić information content (AvgIpc) is 2.45. The third-order valence-electron chi connectivity index (χ3n) is 3.09. The first-order valence-electron chi connectivity index (χ1n) is 6.08. The molecule has 2 aromatic heterocycles. The van der Waals surface area contributed by atoms with Crippen LogP contribution in [0.5, 0.6) is 0 Å². The van der Waals surface area contributed by atoms with Crippen molar-refractivity contribution in [3.8, 4) is 17.2 Å². The van der Waals surface area contributed by atoms with Crippen LogP contribution in [0.25, 0.3) is 22.1 Å². The molecule has 20 heavy (non-hydrogen) atoms. The van der Waals surface area contributed by atoms with Gasteiger partial charge in [0, 0.05) is 28.9 Å². The molecule has 0 saturated heterocycles. The van der Waals surface area contributed by atoms with E-state index >= 15 is 0 Å². The lowest BCUT2D eigenvalue weighted by Gasteiger charge is -2.07. The Balaban J connectivity index is 2.50. The molecule has 0 atom stereocenters. The first kappa shape index (κ1) is 12.1. The maximum Gasteiger partial charge on any atom is 0.354 e. The van der Waals surface area contributed by atoms with Crippen molar-refractivity contribution in [1.29, 1.82) is 5.26 Å². The van der Waals surface area contributed by atoms with Crippen molar-refractivity contribution in [1.82, 2.24) is 4.98 Å². The Kier molecular flexibility index (Phi) is 2.81. The van der Waals surface area contributed by atoms with Crippen molar-refractivity contribution in [2.45, 2.75) is 6.92 Å². The molecule has 1 aromatic carbocycles. The molecule has 0 aliphatic carbocycles. The Hall–Kier alpha value is -2.93. The fourth-order valence-corrected chi connectivity index (χ4v) is 2.24. The standard InChI is InChI=1S/C16H10N2O2/c1-10-6-11(9-18-8-10)15-12-4-2-3-5-14(12)20-16(19)13(15)7-17/h2-6,8-9H,1H3. The van der Waals surface area contributed by atoms with E-state index in [4.69, 9.17) is 4.42 Å². The lowest BCUT2D eigenvalue weighted by molar-refractivity contribution is 0.559. The molecule has 4 heteroatoms. The molecule has 3 aromatic rings. The van der Waals surface area contributed by atoms with Crippen molar-refractivity contribution in [2.75, 3.05) is 0 Å². The van der Waals surface area contributed by atoms with Gasteiger partial charge in [-0.05, 0) is 24.6 Å². The lowest BCUT2D eigenvalue weighted by atomic mass is 9.98. The number of para-hydroxylation sites is 1. The summed E-state index contributed by atoms with van der Waals surface area (Å²) >= 11 is 0. The second-order valence-corrected chi connectivity index (χ2v) is 4.50. The normalized spacial score (nSPS) is 10.4. The number of nitrogens with zero attached hydrogens (tertiary/aromatic N) is 2. The maximum absolute atomic E-state index is 11.9. The molecule has 2 heterocycles. The van der Waals surface area contributed by atoms with Crippen molar-refractivity contribution >= 4 is 11.0 Å². The van der Waals surface area contributed by atoms with Gasteiger partial charge in [-0.1, -0.05) is 18.2 Å². The number of pyridine rings is 1. The maximum atomic E-state index is 11.9. The van der Waals surface area contributed by atoms with Crippen LogP contribution in [0.4, 0.5) is 0 Å². The molecule has 0 fully saturated rings. The van der Waals surface area contributed by atoms with Crippen LogP contribution in [0.2, 0.25) is 0 Å². The summed E-state index contributed by atoms with van der Waals surface area (Å²) in [6.45, 7) is 1.91. The topological polar surface area (TPSA) is 66.9 Å². The molecule has 0 saturated carbocycles. The highest BCUT2D eigenvalue weighted by Crippen LogP contribution is 2.29. The molecule has 3 rings (SSSR count). The van der Waals surface area contributed by atoms with Crippen LogP contribution in [0.15, 0.2) is 51.9 Å². The van der Waals surface area contributed by atoms with Crippen LogP contribution < -0.4 is 5.63 Å². The van der Waals surface area contributed by atoms with E-state index in [1.165, 1.54) is 0 Å². The van der Waals surface area contributed by atoms with Gasteiger partial charge in [-0.2, -0.15) is 5.26 Å². The third-order valence-corrected chi connectivity index (χ3v) is 3.09. The summed E-state index contributed by atoms with van der Waals surface area (Å²) in [5.74, 6) is 0. The molecule has 0 bridgehead atoms. The predicted molar refractivity (Wildman–Crippen MR) is 75.2 cm³/mol. The van der Waals surface area contributed by atoms with Gasteiger partial charge in [0.15, 0.2) is 0 Å². The fourth-order valence-electron chi connectivity index (χ4n) is 2.24. The second-order valence-electron chi connectivity index (χ2n) is 4.50. The zero-order chi connectivity index (χ0) is 14.1.